The van der Waals surface area contributed by atoms with Crippen LogP contribution in [0.4, 0.5) is 0 Å². The van der Waals surface area contributed by atoms with Crippen molar-refractivity contribution in [3.8, 4) is 0 Å². The van der Waals surface area contributed by atoms with E-state index in [0.717, 1.165) is 30.9 Å². The molecular weight excluding hydrogens is 393 g/mol. The number of rotatable bonds is 5. The second-order valence-electron chi connectivity index (χ2n) is 6.41. The first-order chi connectivity index (χ1) is 12.5. The van der Waals surface area contributed by atoms with E-state index >= 15 is 0 Å². The molecule has 1 aromatic carbocycles. The van der Waals surface area contributed by atoms with Crippen LogP contribution in [-0.4, -0.2) is 46.5 Å². The topological polar surface area (TPSA) is 45.6 Å². The van der Waals surface area contributed by atoms with Crippen molar-refractivity contribution in [1.29, 1.82) is 0 Å². The average molecular weight is 414 g/mol. The van der Waals surface area contributed by atoms with Crippen LogP contribution in [0.25, 0.3) is 0 Å². The lowest BCUT2D eigenvalue weighted by molar-refractivity contribution is -0.133. The maximum absolute atomic E-state index is 12.4. The minimum absolute atomic E-state index is 0.00137. The Kier molecular flexibility index (Phi) is 6.40. The first kappa shape index (κ1) is 19.4. The maximum Gasteiger partial charge on any atom is 0.307 e. The summed E-state index contributed by atoms with van der Waals surface area (Å²) in [6, 6.07) is 5.66. The summed E-state index contributed by atoms with van der Waals surface area (Å²) < 4.78 is 1.67. The first-order valence-electron chi connectivity index (χ1n) is 8.53. The molecule has 1 amide bonds. The van der Waals surface area contributed by atoms with Crippen LogP contribution < -0.4 is 4.87 Å². The van der Waals surface area contributed by atoms with Gasteiger partial charge >= 0.3 is 4.87 Å². The largest absolute Gasteiger partial charge is 0.340 e. The maximum atomic E-state index is 12.4. The Morgan fingerprint density at radius 1 is 1.19 bits per heavy atom. The minimum atomic E-state index is -0.00137. The fourth-order valence-corrected chi connectivity index (χ4v) is 4.25. The van der Waals surface area contributed by atoms with E-state index in [2.05, 4.69) is 4.90 Å². The van der Waals surface area contributed by atoms with Crippen LogP contribution in [-0.2, 0) is 17.9 Å². The number of aryl methyl sites for hydroxylation is 1. The summed E-state index contributed by atoms with van der Waals surface area (Å²) in [5.41, 5.74) is 1.92. The SMILES string of the molecule is Cc1csc(=O)n1CCC(=O)N1CCN(Cc2cccc(Cl)c2Cl)CC1. The van der Waals surface area contributed by atoms with Crippen LogP contribution in [0.5, 0.6) is 0 Å². The second-order valence-corrected chi connectivity index (χ2v) is 8.02. The molecule has 0 atom stereocenters. The number of aromatic nitrogens is 1. The van der Waals surface area contributed by atoms with Gasteiger partial charge in [-0.3, -0.25) is 14.5 Å². The van der Waals surface area contributed by atoms with Crippen molar-refractivity contribution in [2.24, 2.45) is 0 Å². The zero-order chi connectivity index (χ0) is 18.7. The molecule has 0 unspecified atom stereocenters. The van der Waals surface area contributed by atoms with Gasteiger partial charge < -0.3 is 9.47 Å². The summed E-state index contributed by atoms with van der Waals surface area (Å²) in [7, 11) is 0. The molecular formula is C18H21Cl2N3O2S. The third kappa shape index (κ3) is 4.49. The molecule has 1 aliphatic heterocycles. The third-order valence-electron chi connectivity index (χ3n) is 4.68. The number of hydrogen-bond acceptors (Lipinski definition) is 4. The molecule has 1 saturated heterocycles. The van der Waals surface area contributed by atoms with Gasteiger partial charge in [-0.15, -0.1) is 0 Å². The summed E-state index contributed by atoms with van der Waals surface area (Å²) in [4.78, 5) is 28.3. The van der Waals surface area contributed by atoms with Crippen molar-refractivity contribution in [1.82, 2.24) is 14.4 Å². The van der Waals surface area contributed by atoms with E-state index in [9.17, 15) is 9.59 Å². The standard InChI is InChI=1S/C18H21Cl2N3O2S/c1-13-12-26-18(25)23(13)6-5-16(24)22-9-7-21(8-10-22)11-14-3-2-4-15(19)17(14)20/h2-4,12H,5-11H2,1H3. The van der Waals surface area contributed by atoms with Gasteiger partial charge in [0.1, 0.15) is 0 Å². The normalized spacial score (nSPS) is 15.4. The molecule has 140 valence electrons. The minimum Gasteiger partial charge on any atom is -0.340 e. The van der Waals surface area contributed by atoms with Crippen molar-refractivity contribution >= 4 is 40.4 Å². The number of benzene rings is 1. The fourth-order valence-electron chi connectivity index (χ4n) is 3.11. The fraction of sp³-hybridized carbons (Fsp3) is 0.444. The molecule has 5 nitrogen and oxygen atoms in total. The van der Waals surface area contributed by atoms with Crippen LogP contribution >= 0.6 is 34.5 Å². The zero-order valence-electron chi connectivity index (χ0n) is 14.6. The van der Waals surface area contributed by atoms with Gasteiger partial charge in [-0.25, -0.2) is 0 Å². The lowest BCUT2D eigenvalue weighted by Crippen LogP contribution is -2.48. The molecule has 0 bridgehead atoms. The molecule has 1 fully saturated rings. The Labute approximate surface area is 166 Å². The van der Waals surface area contributed by atoms with E-state index in [4.69, 9.17) is 23.2 Å². The molecule has 8 heteroatoms. The quantitative estimate of drug-likeness (QED) is 0.755. The molecule has 26 heavy (non-hydrogen) atoms. The highest BCUT2D eigenvalue weighted by molar-refractivity contribution is 7.07. The highest BCUT2D eigenvalue weighted by Gasteiger charge is 2.22. The van der Waals surface area contributed by atoms with Gasteiger partial charge in [0.25, 0.3) is 0 Å². The summed E-state index contributed by atoms with van der Waals surface area (Å²) in [6.45, 7) is 6.04. The summed E-state index contributed by atoms with van der Waals surface area (Å²) >= 11 is 13.5. The zero-order valence-corrected chi connectivity index (χ0v) is 16.9. The van der Waals surface area contributed by atoms with Gasteiger partial charge in [0.15, 0.2) is 0 Å². The lowest BCUT2D eigenvalue weighted by atomic mass is 10.2. The lowest BCUT2D eigenvalue weighted by Gasteiger charge is -2.35. The van der Waals surface area contributed by atoms with Gasteiger partial charge in [-0.05, 0) is 18.6 Å². The number of halogens is 2. The van der Waals surface area contributed by atoms with E-state index < -0.39 is 0 Å². The number of piperazine rings is 1. The third-order valence-corrected chi connectivity index (χ3v) is 6.42. The van der Waals surface area contributed by atoms with Crippen molar-refractivity contribution in [2.75, 3.05) is 26.2 Å². The van der Waals surface area contributed by atoms with Crippen LogP contribution in [0.15, 0.2) is 28.4 Å². The van der Waals surface area contributed by atoms with E-state index in [0.29, 0.717) is 36.1 Å². The van der Waals surface area contributed by atoms with Gasteiger partial charge in [-0.1, -0.05) is 46.7 Å². The van der Waals surface area contributed by atoms with Gasteiger partial charge in [0.2, 0.25) is 5.91 Å². The number of amides is 1. The van der Waals surface area contributed by atoms with Gasteiger partial charge in [0.05, 0.1) is 10.0 Å². The molecule has 0 saturated carbocycles. The molecule has 1 aromatic heterocycles. The predicted octanol–water partition coefficient (Wildman–Crippen LogP) is 3.26. The molecule has 0 spiro atoms. The summed E-state index contributed by atoms with van der Waals surface area (Å²) in [6.07, 6.45) is 0.359. The van der Waals surface area contributed by atoms with E-state index in [-0.39, 0.29) is 10.8 Å². The molecule has 2 aromatic rings. The number of nitrogens with zero attached hydrogens (tertiary/aromatic N) is 3. The second kappa shape index (κ2) is 8.57. The summed E-state index contributed by atoms with van der Waals surface area (Å²) in [5.74, 6) is 0.0999. The van der Waals surface area contributed by atoms with E-state index in [1.54, 1.807) is 10.6 Å². The van der Waals surface area contributed by atoms with Crippen LogP contribution in [0.2, 0.25) is 10.0 Å². The Morgan fingerprint density at radius 2 is 1.92 bits per heavy atom. The van der Waals surface area contributed by atoms with Crippen molar-refractivity contribution in [3.05, 3.63) is 54.5 Å². The Balaban J connectivity index is 1.49. The molecule has 0 N–H and O–H groups in total. The Hall–Kier alpha value is -1.34. The van der Waals surface area contributed by atoms with Crippen molar-refractivity contribution < 1.29 is 4.79 Å². The summed E-state index contributed by atoms with van der Waals surface area (Å²) in [5, 5.41) is 2.99. The molecule has 0 radical (unpaired) electrons. The highest BCUT2D eigenvalue weighted by atomic mass is 35.5. The van der Waals surface area contributed by atoms with Crippen molar-refractivity contribution in [2.45, 2.75) is 26.4 Å². The Bertz CT molecular complexity index is 841. The van der Waals surface area contributed by atoms with Crippen LogP contribution in [0.3, 0.4) is 0 Å². The van der Waals surface area contributed by atoms with E-state index in [1.165, 1.54) is 11.3 Å². The van der Waals surface area contributed by atoms with Gasteiger partial charge in [0, 0.05) is 56.8 Å². The number of carbonyl (C=O) groups excluding carboxylic acids is 1. The van der Waals surface area contributed by atoms with Crippen molar-refractivity contribution in [3.63, 3.8) is 0 Å². The highest BCUT2D eigenvalue weighted by Crippen LogP contribution is 2.26. The molecule has 3 rings (SSSR count). The van der Waals surface area contributed by atoms with E-state index in [1.807, 2.05) is 29.3 Å². The monoisotopic (exact) mass is 413 g/mol. The number of thiazole rings is 1. The predicted molar refractivity (Wildman–Crippen MR) is 106 cm³/mol. The average Bonchev–Trinajstić information content (AvgIpc) is 2.95. The van der Waals surface area contributed by atoms with Crippen LogP contribution in [0, 0.1) is 6.92 Å². The smallest absolute Gasteiger partial charge is 0.307 e. The Morgan fingerprint density at radius 3 is 2.58 bits per heavy atom. The molecule has 0 aliphatic carbocycles. The van der Waals surface area contributed by atoms with Gasteiger partial charge in [-0.2, -0.15) is 0 Å². The molecule has 1 aliphatic rings. The molecule has 2 heterocycles. The first-order valence-corrected chi connectivity index (χ1v) is 10.2. The van der Waals surface area contributed by atoms with Crippen LogP contribution in [0.1, 0.15) is 17.7 Å². The number of carbonyl (C=O) groups is 1. The number of hydrogen-bond donors (Lipinski definition) is 0.